The maximum atomic E-state index is 12.9. The van der Waals surface area contributed by atoms with Gasteiger partial charge >= 0.3 is 0 Å². The Morgan fingerprint density at radius 3 is 2.73 bits per heavy atom. The van der Waals surface area contributed by atoms with E-state index >= 15 is 0 Å². The van der Waals surface area contributed by atoms with Crippen molar-refractivity contribution >= 4 is 0 Å². The first-order chi connectivity index (χ1) is 7.13. The molecule has 0 heterocycles. The first kappa shape index (κ1) is 10.6. The molecule has 1 nitrogen and oxygen atoms in total. The second-order valence-corrected chi connectivity index (χ2v) is 4.48. The first-order valence-electron chi connectivity index (χ1n) is 5.57. The fourth-order valence-corrected chi connectivity index (χ4v) is 2.65. The van der Waals surface area contributed by atoms with Crippen LogP contribution >= 0.6 is 0 Å². The van der Waals surface area contributed by atoms with Crippen molar-refractivity contribution in [2.45, 2.75) is 38.7 Å². The van der Waals surface area contributed by atoms with Crippen LogP contribution in [0.25, 0.3) is 0 Å². The summed E-state index contributed by atoms with van der Waals surface area (Å²) in [6.07, 6.45) is 1.65. The highest BCUT2D eigenvalue weighted by molar-refractivity contribution is 5.32. The number of hydrogen-bond acceptors (Lipinski definition) is 1. The minimum absolute atomic E-state index is 0.163. The van der Waals surface area contributed by atoms with Crippen molar-refractivity contribution in [2.24, 2.45) is 5.92 Å². The van der Waals surface area contributed by atoms with Crippen LogP contribution in [-0.4, -0.2) is 11.2 Å². The third-order valence-electron chi connectivity index (χ3n) is 3.61. The summed E-state index contributed by atoms with van der Waals surface area (Å²) >= 11 is 0. The third-order valence-corrected chi connectivity index (χ3v) is 3.61. The van der Waals surface area contributed by atoms with Crippen molar-refractivity contribution in [1.82, 2.24) is 0 Å². The summed E-state index contributed by atoms with van der Waals surface area (Å²) in [4.78, 5) is 0. The monoisotopic (exact) mass is 208 g/mol. The standard InChI is InChI=1S/C13H17FO/c1-3-10-12(7-13(10)15)11-5-4-9(14)6-8(11)2/h4-6,10,12-13,15H,3,7H2,1-2H3. The average molecular weight is 208 g/mol. The zero-order valence-corrected chi connectivity index (χ0v) is 9.20. The van der Waals surface area contributed by atoms with Crippen LogP contribution in [0.15, 0.2) is 18.2 Å². The van der Waals surface area contributed by atoms with E-state index in [1.807, 2.05) is 13.0 Å². The van der Waals surface area contributed by atoms with Gasteiger partial charge in [0.25, 0.3) is 0 Å². The van der Waals surface area contributed by atoms with Gasteiger partial charge in [0.05, 0.1) is 6.10 Å². The topological polar surface area (TPSA) is 20.2 Å². The predicted molar refractivity (Wildman–Crippen MR) is 58.3 cm³/mol. The summed E-state index contributed by atoms with van der Waals surface area (Å²) in [5.41, 5.74) is 2.21. The average Bonchev–Trinajstić information content (AvgIpc) is 2.16. The molecule has 0 amide bonds. The predicted octanol–water partition coefficient (Wildman–Crippen LogP) is 3.01. The molecule has 1 fully saturated rings. The number of aliphatic hydroxyl groups excluding tert-OH is 1. The highest BCUT2D eigenvalue weighted by Gasteiger charge is 2.39. The maximum absolute atomic E-state index is 12.9. The van der Waals surface area contributed by atoms with Crippen molar-refractivity contribution in [3.8, 4) is 0 Å². The fourth-order valence-electron chi connectivity index (χ4n) is 2.65. The van der Waals surface area contributed by atoms with Crippen molar-refractivity contribution in [3.63, 3.8) is 0 Å². The molecule has 2 rings (SSSR count). The van der Waals surface area contributed by atoms with E-state index in [-0.39, 0.29) is 11.9 Å². The van der Waals surface area contributed by atoms with Gasteiger partial charge in [-0.1, -0.05) is 19.4 Å². The van der Waals surface area contributed by atoms with Crippen molar-refractivity contribution in [1.29, 1.82) is 0 Å². The molecular formula is C13H17FO. The smallest absolute Gasteiger partial charge is 0.123 e. The molecule has 0 spiro atoms. The molecule has 0 radical (unpaired) electrons. The second-order valence-electron chi connectivity index (χ2n) is 4.48. The van der Waals surface area contributed by atoms with Gasteiger partial charge in [0, 0.05) is 0 Å². The zero-order chi connectivity index (χ0) is 11.0. The molecule has 1 aromatic carbocycles. The SMILES string of the molecule is CCC1C(O)CC1c1ccc(F)cc1C. The summed E-state index contributed by atoms with van der Waals surface area (Å²) in [6, 6.07) is 4.95. The Hall–Kier alpha value is -0.890. The van der Waals surface area contributed by atoms with Gasteiger partial charge in [0.15, 0.2) is 0 Å². The Bertz CT molecular complexity index is 362. The summed E-state index contributed by atoms with van der Waals surface area (Å²) in [5, 5.41) is 9.61. The van der Waals surface area contributed by atoms with Gasteiger partial charge in [0.1, 0.15) is 5.82 Å². The van der Waals surface area contributed by atoms with Crippen LogP contribution < -0.4 is 0 Å². The number of benzene rings is 1. The highest BCUT2D eigenvalue weighted by Crippen LogP contribution is 2.45. The first-order valence-corrected chi connectivity index (χ1v) is 5.57. The lowest BCUT2D eigenvalue weighted by atomic mass is 9.66. The molecule has 3 atom stereocenters. The van der Waals surface area contributed by atoms with E-state index in [9.17, 15) is 9.50 Å². The van der Waals surface area contributed by atoms with Gasteiger partial charge in [0.2, 0.25) is 0 Å². The maximum Gasteiger partial charge on any atom is 0.123 e. The van der Waals surface area contributed by atoms with Crippen LogP contribution in [0.5, 0.6) is 0 Å². The molecule has 2 heteroatoms. The summed E-state index contributed by atoms with van der Waals surface area (Å²) < 4.78 is 12.9. The van der Waals surface area contributed by atoms with E-state index in [4.69, 9.17) is 0 Å². The molecule has 0 aliphatic heterocycles. The molecule has 0 aromatic heterocycles. The third kappa shape index (κ3) is 1.78. The molecule has 1 N–H and O–H groups in total. The molecule has 1 aliphatic carbocycles. The van der Waals surface area contributed by atoms with Gasteiger partial charge in [-0.15, -0.1) is 0 Å². The van der Waals surface area contributed by atoms with Gasteiger partial charge in [-0.2, -0.15) is 0 Å². The lowest BCUT2D eigenvalue weighted by Crippen LogP contribution is -2.39. The minimum Gasteiger partial charge on any atom is -0.393 e. The molecule has 3 unspecified atom stereocenters. The molecule has 1 aromatic rings. The number of halogens is 1. The number of aliphatic hydroxyl groups is 1. The van der Waals surface area contributed by atoms with Gasteiger partial charge in [-0.3, -0.25) is 0 Å². The largest absolute Gasteiger partial charge is 0.393 e. The summed E-state index contributed by atoms with van der Waals surface area (Å²) in [6.45, 7) is 4.04. The molecular weight excluding hydrogens is 191 g/mol. The normalized spacial score (nSPS) is 30.0. The highest BCUT2D eigenvalue weighted by atomic mass is 19.1. The molecule has 0 saturated heterocycles. The van der Waals surface area contributed by atoms with Crippen LogP contribution in [0.2, 0.25) is 0 Å². The van der Waals surface area contributed by atoms with Crippen LogP contribution in [-0.2, 0) is 0 Å². The van der Waals surface area contributed by atoms with E-state index < -0.39 is 0 Å². The van der Waals surface area contributed by atoms with E-state index in [2.05, 4.69) is 6.92 Å². The Kier molecular flexibility index (Phi) is 2.79. The van der Waals surface area contributed by atoms with E-state index in [0.29, 0.717) is 11.8 Å². The van der Waals surface area contributed by atoms with Crippen molar-refractivity contribution < 1.29 is 9.50 Å². The van der Waals surface area contributed by atoms with Gasteiger partial charge in [-0.25, -0.2) is 4.39 Å². The Labute approximate surface area is 89.9 Å². The lowest BCUT2D eigenvalue weighted by Gasteiger charge is -2.42. The van der Waals surface area contributed by atoms with Crippen LogP contribution in [0.3, 0.4) is 0 Å². The Morgan fingerprint density at radius 1 is 1.47 bits per heavy atom. The number of rotatable bonds is 2. The quantitative estimate of drug-likeness (QED) is 0.792. The van der Waals surface area contributed by atoms with E-state index in [1.54, 1.807) is 6.07 Å². The van der Waals surface area contributed by atoms with Crippen LogP contribution in [0.1, 0.15) is 36.8 Å². The molecule has 0 bridgehead atoms. The molecule has 15 heavy (non-hydrogen) atoms. The summed E-state index contributed by atoms with van der Waals surface area (Å²) in [7, 11) is 0. The Balaban J connectivity index is 2.23. The number of aryl methyl sites for hydroxylation is 1. The molecule has 1 aliphatic rings. The van der Waals surface area contributed by atoms with Crippen LogP contribution in [0, 0.1) is 18.7 Å². The Morgan fingerprint density at radius 2 is 2.20 bits per heavy atom. The fraction of sp³-hybridized carbons (Fsp3) is 0.538. The van der Waals surface area contributed by atoms with E-state index in [0.717, 1.165) is 18.4 Å². The van der Waals surface area contributed by atoms with Gasteiger partial charge < -0.3 is 5.11 Å². The molecule has 1 saturated carbocycles. The zero-order valence-electron chi connectivity index (χ0n) is 9.20. The van der Waals surface area contributed by atoms with E-state index in [1.165, 1.54) is 11.6 Å². The van der Waals surface area contributed by atoms with Crippen molar-refractivity contribution in [3.05, 3.63) is 35.1 Å². The summed E-state index contributed by atoms with van der Waals surface area (Å²) in [5.74, 6) is 0.601. The second kappa shape index (κ2) is 3.93. The number of hydrogen-bond donors (Lipinski definition) is 1. The lowest BCUT2D eigenvalue weighted by molar-refractivity contribution is -0.000933. The van der Waals surface area contributed by atoms with Crippen LogP contribution in [0.4, 0.5) is 4.39 Å². The molecule has 82 valence electrons. The minimum atomic E-state index is -0.177. The van der Waals surface area contributed by atoms with Crippen molar-refractivity contribution in [2.75, 3.05) is 0 Å². The van der Waals surface area contributed by atoms with Gasteiger partial charge in [-0.05, 0) is 48.4 Å².